The summed E-state index contributed by atoms with van der Waals surface area (Å²) in [6.45, 7) is 0. The Morgan fingerprint density at radius 2 is 2.05 bits per heavy atom. The van der Waals surface area contributed by atoms with Crippen LogP contribution in [0.4, 0.5) is 8.78 Å². The number of rotatable bonds is 3. The molecule has 0 aliphatic rings. The van der Waals surface area contributed by atoms with E-state index >= 15 is 0 Å². The predicted molar refractivity (Wildman–Crippen MR) is 76.9 cm³/mol. The van der Waals surface area contributed by atoms with Gasteiger partial charge < -0.3 is 5.32 Å². The molecule has 3 rings (SSSR count). The Morgan fingerprint density at radius 3 is 2.80 bits per heavy atom. The lowest BCUT2D eigenvalue weighted by molar-refractivity contribution is 0.574. The number of aromatic nitrogens is 1. The van der Waals surface area contributed by atoms with Gasteiger partial charge in [0, 0.05) is 21.3 Å². The molecule has 3 aromatic rings. The Bertz CT molecular complexity index is 754. The number of thiophene rings is 1. The molecule has 0 aliphatic carbocycles. The summed E-state index contributed by atoms with van der Waals surface area (Å²) in [6, 6.07) is 7.95. The Kier molecular flexibility index (Phi) is 3.46. The minimum atomic E-state index is -0.351. The van der Waals surface area contributed by atoms with Gasteiger partial charge in [-0.3, -0.25) is 4.98 Å². The van der Waals surface area contributed by atoms with Crippen molar-refractivity contribution in [1.82, 2.24) is 10.3 Å². The van der Waals surface area contributed by atoms with Crippen LogP contribution in [0, 0.1) is 11.6 Å². The molecule has 102 valence electrons. The van der Waals surface area contributed by atoms with Crippen molar-refractivity contribution >= 4 is 21.4 Å². The summed E-state index contributed by atoms with van der Waals surface area (Å²) in [5, 5.41) is 3.93. The summed E-state index contributed by atoms with van der Waals surface area (Å²) in [5.74, 6) is -0.617. The molecule has 1 aromatic carbocycles. The van der Waals surface area contributed by atoms with Crippen LogP contribution in [0.25, 0.3) is 10.1 Å². The first-order chi connectivity index (χ1) is 9.69. The highest BCUT2D eigenvalue weighted by atomic mass is 32.1. The van der Waals surface area contributed by atoms with Crippen LogP contribution in [-0.4, -0.2) is 12.0 Å². The van der Waals surface area contributed by atoms with Crippen molar-refractivity contribution in [3.63, 3.8) is 0 Å². The molecule has 0 saturated heterocycles. The highest BCUT2D eigenvalue weighted by Crippen LogP contribution is 2.34. The molecule has 5 heteroatoms. The van der Waals surface area contributed by atoms with E-state index in [1.165, 1.54) is 29.7 Å². The van der Waals surface area contributed by atoms with E-state index in [9.17, 15) is 8.78 Å². The van der Waals surface area contributed by atoms with E-state index in [4.69, 9.17) is 0 Å². The molecular weight excluding hydrogens is 278 g/mol. The first-order valence-electron chi connectivity index (χ1n) is 6.14. The van der Waals surface area contributed by atoms with E-state index in [2.05, 4.69) is 10.3 Å². The van der Waals surface area contributed by atoms with Crippen molar-refractivity contribution in [3.8, 4) is 0 Å². The van der Waals surface area contributed by atoms with Crippen LogP contribution in [0.5, 0.6) is 0 Å². The van der Waals surface area contributed by atoms with Gasteiger partial charge in [0.15, 0.2) is 0 Å². The van der Waals surface area contributed by atoms with Crippen molar-refractivity contribution < 1.29 is 8.78 Å². The van der Waals surface area contributed by atoms with Crippen molar-refractivity contribution in [2.24, 2.45) is 0 Å². The quantitative estimate of drug-likeness (QED) is 0.791. The fourth-order valence-electron chi connectivity index (χ4n) is 2.25. The van der Waals surface area contributed by atoms with Crippen molar-refractivity contribution in [2.75, 3.05) is 7.05 Å². The summed E-state index contributed by atoms with van der Waals surface area (Å²) in [7, 11) is 1.77. The largest absolute Gasteiger partial charge is 0.309 e. The molecule has 1 unspecified atom stereocenters. The van der Waals surface area contributed by atoms with E-state index in [1.807, 2.05) is 6.07 Å². The number of hydrogen-bond donors (Lipinski definition) is 1. The fraction of sp³-hybridized carbons (Fsp3) is 0.133. The van der Waals surface area contributed by atoms with Gasteiger partial charge in [-0.05, 0) is 42.8 Å². The first kappa shape index (κ1) is 13.1. The number of fused-ring (bicyclic) bond motifs is 1. The minimum Gasteiger partial charge on any atom is -0.309 e. The number of halogens is 2. The lowest BCUT2D eigenvalue weighted by atomic mass is 10.1. The van der Waals surface area contributed by atoms with Crippen LogP contribution in [0.3, 0.4) is 0 Å². The van der Waals surface area contributed by atoms with Crippen LogP contribution in [0.1, 0.15) is 16.5 Å². The van der Waals surface area contributed by atoms with Crippen molar-refractivity contribution in [3.05, 3.63) is 64.8 Å². The molecule has 0 bridgehead atoms. The molecule has 2 aromatic heterocycles. The average molecular weight is 290 g/mol. The molecule has 1 atom stereocenters. The second-order valence-corrected chi connectivity index (χ2v) is 5.57. The van der Waals surface area contributed by atoms with Crippen LogP contribution in [0.15, 0.2) is 42.7 Å². The lowest BCUT2D eigenvalue weighted by Gasteiger charge is -2.15. The van der Waals surface area contributed by atoms with Gasteiger partial charge in [0.05, 0.1) is 12.2 Å². The Hall–Kier alpha value is -1.85. The minimum absolute atomic E-state index is 0.265. The van der Waals surface area contributed by atoms with E-state index in [1.54, 1.807) is 25.4 Å². The van der Waals surface area contributed by atoms with Crippen LogP contribution in [-0.2, 0) is 0 Å². The highest BCUT2D eigenvalue weighted by molar-refractivity contribution is 7.19. The second-order valence-electron chi connectivity index (χ2n) is 4.45. The molecule has 20 heavy (non-hydrogen) atoms. The molecule has 0 amide bonds. The zero-order chi connectivity index (χ0) is 14.1. The molecular formula is C15H12F2N2S. The van der Waals surface area contributed by atoms with Gasteiger partial charge in [-0.25, -0.2) is 8.78 Å². The van der Waals surface area contributed by atoms with Gasteiger partial charge in [-0.2, -0.15) is 0 Å². The van der Waals surface area contributed by atoms with Gasteiger partial charge >= 0.3 is 0 Å². The van der Waals surface area contributed by atoms with Crippen LogP contribution in [0.2, 0.25) is 0 Å². The number of pyridine rings is 1. The third kappa shape index (κ3) is 2.30. The summed E-state index contributed by atoms with van der Waals surface area (Å²) >= 11 is 1.53. The van der Waals surface area contributed by atoms with Gasteiger partial charge in [-0.15, -0.1) is 11.3 Å². The maximum absolute atomic E-state index is 13.9. The molecule has 0 saturated carbocycles. The van der Waals surface area contributed by atoms with Crippen molar-refractivity contribution in [1.29, 1.82) is 0 Å². The van der Waals surface area contributed by atoms with Gasteiger partial charge in [0.2, 0.25) is 0 Å². The fourth-order valence-corrected chi connectivity index (χ4v) is 3.42. The molecule has 1 N–H and O–H groups in total. The van der Waals surface area contributed by atoms with E-state index < -0.39 is 0 Å². The number of benzene rings is 1. The SMILES string of the molecule is CNC(c1cc2cc(F)ccc2s1)c1ccncc1F. The second kappa shape index (κ2) is 5.26. The lowest BCUT2D eigenvalue weighted by Crippen LogP contribution is -2.17. The standard InChI is InChI=1S/C15H12F2N2S/c1-18-15(11-4-5-19-8-12(11)17)14-7-9-6-10(16)2-3-13(9)20-14/h2-8,15,18H,1H3. The Labute approximate surface area is 119 Å². The number of hydrogen-bond acceptors (Lipinski definition) is 3. The summed E-state index contributed by atoms with van der Waals surface area (Å²) in [4.78, 5) is 4.70. The van der Waals surface area contributed by atoms with Gasteiger partial charge in [0.1, 0.15) is 11.6 Å². The third-order valence-electron chi connectivity index (χ3n) is 3.19. The first-order valence-corrected chi connectivity index (χ1v) is 6.96. The predicted octanol–water partition coefficient (Wildman–Crippen LogP) is 3.88. The zero-order valence-corrected chi connectivity index (χ0v) is 11.5. The average Bonchev–Trinajstić information content (AvgIpc) is 2.84. The normalized spacial score (nSPS) is 12.8. The molecule has 0 radical (unpaired) electrons. The smallest absolute Gasteiger partial charge is 0.146 e. The van der Waals surface area contributed by atoms with Crippen molar-refractivity contribution in [2.45, 2.75) is 6.04 Å². The zero-order valence-electron chi connectivity index (χ0n) is 10.7. The number of nitrogens with zero attached hydrogens (tertiary/aromatic N) is 1. The van der Waals surface area contributed by atoms with Crippen LogP contribution < -0.4 is 5.32 Å². The van der Waals surface area contributed by atoms with Gasteiger partial charge in [-0.1, -0.05) is 0 Å². The molecule has 2 heterocycles. The summed E-state index contributed by atoms with van der Waals surface area (Å²) < 4.78 is 28.1. The van der Waals surface area contributed by atoms with E-state index in [0.717, 1.165) is 15.0 Å². The molecule has 0 aliphatic heterocycles. The highest BCUT2D eigenvalue weighted by Gasteiger charge is 2.18. The van der Waals surface area contributed by atoms with Gasteiger partial charge in [0.25, 0.3) is 0 Å². The summed E-state index contributed by atoms with van der Waals surface area (Å²) in [5.41, 5.74) is 0.537. The molecule has 0 fully saturated rings. The Balaban J connectivity index is 2.10. The summed E-state index contributed by atoms with van der Waals surface area (Å²) in [6.07, 6.45) is 2.77. The topological polar surface area (TPSA) is 24.9 Å². The third-order valence-corrected chi connectivity index (χ3v) is 4.37. The molecule has 0 spiro atoms. The maximum Gasteiger partial charge on any atom is 0.146 e. The molecule has 2 nitrogen and oxygen atoms in total. The number of nitrogens with one attached hydrogen (secondary N) is 1. The maximum atomic E-state index is 13.9. The monoisotopic (exact) mass is 290 g/mol. The van der Waals surface area contributed by atoms with E-state index in [0.29, 0.717) is 5.56 Å². The van der Waals surface area contributed by atoms with Crippen LogP contribution >= 0.6 is 11.3 Å². The van der Waals surface area contributed by atoms with E-state index in [-0.39, 0.29) is 17.7 Å². The Morgan fingerprint density at radius 1 is 1.20 bits per heavy atom.